The highest BCUT2D eigenvalue weighted by Gasteiger charge is 2.35. The summed E-state index contributed by atoms with van der Waals surface area (Å²) in [6.45, 7) is 3.73. The maximum atomic E-state index is 13.9. The van der Waals surface area contributed by atoms with Crippen molar-refractivity contribution in [2.24, 2.45) is 0 Å². The summed E-state index contributed by atoms with van der Waals surface area (Å²) in [5.41, 5.74) is 1.82. The largest absolute Gasteiger partial charge is 0.417 e. The van der Waals surface area contributed by atoms with Gasteiger partial charge in [-0.2, -0.15) is 18.3 Å². The molecule has 200 valence electrons. The highest BCUT2D eigenvalue weighted by Crippen LogP contribution is 2.38. The second-order valence-corrected chi connectivity index (χ2v) is 9.40. The van der Waals surface area contributed by atoms with Crippen LogP contribution in [-0.2, 0) is 12.6 Å². The van der Waals surface area contributed by atoms with Crippen LogP contribution in [0.2, 0.25) is 0 Å². The molecule has 0 fully saturated rings. The second-order valence-electron chi connectivity index (χ2n) is 9.40. The molecule has 10 heteroatoms. The van der Waals surface area contributed by atoms with E-state index in [2.05, 4.69) is 10.4 Å². The number of nitrogens with one attached hydrogen (secondary N) is 1. The van der Waals surface area contributed by atoms with Crippen LogP contribution in [-0.4, -0.2) is 36.8 Å². The fourth-order valence-electron chi connectivity index (χ4n) is 4.38. The first-order valence-electron chi connectivity index (χ1n) is 12.4. The van der Waals surface area contributed by atoms with Crippen molar-refractivity contribution in [3.63, 3.8) is 0 Å². The lowest BCUT2D eigenvalue weighted by Crippen LogP contribution is -2.16. The monoisotopic (exact) mass is 533 g/mol. The van der Waals surface area contributed by atoms with Crippen molar-refractivity contribution in [2.75, 3.05) is 11.9 Å². The van der Waals surface area contributed by atoms with Crippen LogP contribution in [0.3, 0.4) is 0 Å². The Hall–Kier alpha value is -4.44. The number of imidazole rings is 1. The molecular weight excluding hydrogens is 507 g/mol. The van der Waals surface area contributed by atoms with E-state index in [1.165, 1.54) is 12.1 Å². The maximum Gasteiger partial charge on any atom is 0.417 e. The third-order valence-corrected chi connectivity index (χ3v) is 6.37. The lowest BCUT2D eigenvalue weighted by molar-refractivity contribution is -0.137. The number of aromatic nitrogens is 4. The van der Waals surface area contributed by atoms with Crippen molar-refractivity contribution in [3.05, 3.63) is 95.8 Å². The zero-order valence-electron chi connectivity index (χ0n) is 21.3. The number of anilines is 1. The Bertz CT molecular complexity index is 1640. The van der Waals surface area contributed by atoms with Crippen molar-refractivity contribution in [1.82, 2.24) is 19.2 Å². The minimum Gasteiger partial charge on any atom is -0.396 e. The number of fused-ring (bicyclic) bond motifs is 1. The highest BCUT2D eigenvalue weighted by atomic mass is 19.4. The number of hydrogen-bond acceptors (Lipinski definition) is 4. The van der Waals surface area contributed by atoms with Crippen LogP contribution >= 0.6 is 0 Å². The molecule has 0 spiro atoms. The number of aliphatic hydroxyl groups excluding tert-OH is 1. The number of carbonyl (C=O) groups excluding carboxylic acids is 1. The summed E-state index contributed by atoms with van der Waals surface area (Å²) in [4.78, 5) is 18.2. The van der Waals surface area contributed by atoms with Crippen LogP contribution in [0.1, 0.15) is 41.4 Å². The number of nitrogens with zero attached hydrogens (tertiary/aromatic N) is 4. The Balaban J connectivity index is 1.58. The SMILES string of the molecule is CC(C)n1ccc(-c2cc(C(=O)Nc3c(-c4ccccc4)nc4cc(CCO)ccn34)ccc2C(F)(F)F)n1. The molecule has 3 aromatic heterocycles. The summed E-state index contributed by atoms with van der Waals surface area (Å²) in [6, 6.07) is 17.7. The van der Waals surface area contributed by atoms with Crippen LogP contribution in [0.15, 0.2) is 79.1 Å². The van der Waals surface area contributed by atoms with Crippen LogP contribution in [0.4, 0.5) is 19.0 Å². The van der Waals surface area contributed by atoms with E-state index in [1.807, 2.05) is 56.3 Å². The fourth-order valence-corrected chi connectivity index (χ4v) is 4.38. The molecule has 0 atom stereocenters. The first-order chi connectivity index (χ1) is 18.7. The normalized spacial score (nSPS) is 11.9. The number of pyridine rings is 1. The van der Waals surface area contributed by atoms with E-state index >= 15 is 0 Å². The van der Waals surface area contributed by atoms with Gasteiger partial charge in [-0.25, -0.2) is 4.98 Å². The Kier molecular flexibility index (Phi) is 6.96. The molecule has 0 saturated carbocycles. The van der Waals surface area contributed by atoms with Crippen molar-refractivity contribution >= 4 is 17.4 Å². The molecule has 0 aliphatic heterocycles. The summed E-state index contributed by atoms with van der Waals surface area (Å²) in [5, 5.41) is 16.5. The van der Waals surface area contributed by atoms with E-state index in [9.17, 15) is 23.1 Å². The number of halogens is 3. The lowest BCUT2D eigenvalue weighted by Gasteiger charge is -2.14. The molecule has 2 N–H and O–H groups in total. The molecule has 0 aliphatic rings. The first kappa shape index (κ1) is 26.2. The molecular formula is C29H26F3N5O2. The molecule has 1 amide bonds. The summed E-state index contributed by atoms with van der Waals surface area (Å²) in [5.74, 6) is -0.214. The standard InChI is InChI=1S/C29H26F3N5O2/c1-18(2)37-14-11-24(35-37)22-17-21(8-9-23(22)29(30,31)32)28(39)34-27-26(20-6-4-3-5-7-20)33-25-16-19(12-15-38)10-13-36(25)27/h3-11,13-14,16-18,38H,12,15H2,1-2H3,(H,34,39). The number of aliphatic hydroxyl groups is 1. The van der Waals surface area contributed by atoms with E-state index in [0.29, 0.717) is 23.6 Å². The van der Waals surface area contributed by atoms with E-state index in [4.69, 9.17) is 4.98 Å². The van der Waals surface area contributed by atoms with Gasteiger partial charge in [-0.1, -0.05) is 30.3 Å². The van der Waals surface area contributed by atoms with Gasteiger partial charge in [0.2, 0.25) is 0 Å². The van der Waals surface area contributed by atoms with Gasteiger partial charge in [0.1, 0.15) is 17.2 Å². The van der Waals surface area contributed by atoms with Gasteiger partial charge in [-0.3, -0.25) is 13.9 Å². The number of amides is 1. The molecule has 3 heterocycles. The number of hydrogen-bond donors (Lipinski definition) is 2. The van der Waals surface area contributed by atoms with Crippen molar-refractivity contribution in [3.8, 4) is 22.5 Å². The van der Waals surface area contributed by atoms with E-state index < -0.39 is 17.6 Å². The summed E-state index contributed by atoms with van der Waals surface area (Å²) < 4.78 is 44.9. The van der Waals surface area contributed by atoms with Crippen molar-refractivity contribution < 1.29 is 23.1 Å². The Morgan fingerprint density at radius 3 is 2.46 bits per heavy atom. The van der Waals surface area contributed by atoms with Crippen molar-refractivity contribution in [1.29, 1.82) is 0 Å². The summed E-state index contributed by atoms with van der Waals surface area (Å²) in [6.07, 6.45) is -0.818. The molecule has 39 heavy (non-hydrogen) atoms. The predicted molar refractivity (Wildman–Crippen MR) is 142 cm³/mol. The molecule has 0 saturated heterocycles. The Labute approximate surface area is 222 Å². The number of carbonyl (C=O) groups is 1. The average molecular weight is 534 g/mol. The van der Waals surface area contributed by atoms with Gasteiger partial charge < -0.3 is 10.4 Å². The molecule has 7 nitrogen and oxygen atoms in total. The number of benzene rings is 2. The highest BCUT2D eigenvalue weighted by molar-refractivity contribution is 6.06. The van der Waals surface area contributed by atoms with Gasteiger partial charge >= 0.3 is 6.18 Å². The Morgan fingerprint density at radius 1 is 1.03 bits per heavy atom. The lowest BCUT2D eigenvalue weighted by atomic mass is 10.0. The Morgan fingerprint density at radius 2 is 1.79 bits per heavy atom. The predicted octanol–water partition coefficient (Wildman–Crippen LogP) is 6.25. The number of alkyl halides is 3. The van der Waals surface area contributed by atoms with Gasteiger partial charge in [-0.05, 0) is 62.2 Å². The van der Waals surface area contributed by atoms with Gasteiger partial charge in [0.25, 0.3) is 5.91 Å². The van der Waals surface area contributed by atoms with Crippen LogP contribution in [0.25, 0.3) is 28.2 Å². The topological polar surface area (TPSA) is 84.5 Å². The smallest absolute Gasteiger partial charge is 0.396 e. The van der Waals surface area contributed by atoms with Gasteiger partial charge in [0, 0.05) is 41.7 Å². The first-order valence-corrected chi connectivity index (χ1v) is 12.4. The van der Waals surface area contributed by atoms with E-state index in [1.54, 1.807) is 21.5 Å². The maximum absolute atomic E-state index is 13.9. The van der Waals surface area contributed by atoms with Gasteiger partial charge in [0.15, 0.2) is 0 Å². The minimum atomic E-state index is -4.62. The second kappa shape index (κ2) is 10.4. The summed E-state index contributed by atoms with van der Waals surface area (Å²) in [7, 11) is 0. The van der Waals surface area contributed by atoms with Crippen molar-refractivity contribution in [2.45, 2.75) is 32.5 Å². The van der Waals surface area contributed by atoms with E-state index in [-0.39, 0.29) is 29.5 Å². The molecule has 5 aromatic rings. The average Bonchev–Trinajstić information content (AvgIpc) is 3.54. The summed E-state index contributed by atoms with van der Waals surface area (Å²) >= 11 is 0. The van der Waals surface area contributed by atoms with E-state index in [0.717, 1.165) is 23.3 Å². The fraction of sp³-hybridized carbons (Fsp3) is 0.207. The molecule has 5 rings (SSSR count). The third kappa shape index (κ3) is 5.28. The zero-order valence-corrected chi connectivity index (χ0v) is 21.3. The van der Waals surface area contributed by atoms with Gasteiger partial charge in [0.05, 0.1) is 11.3 Å². The molecule has 0 aliphatic carbocycles. The van der Waals surface area contributed by atoms with Crippen LogP contribution in [0, 0.1) is 0 Å². The molecule has 0 unspecified atom stereocenters. The quantitative estimate of drug-likeness (QED) is 0.259. The number of rotatable bonds is 7. The molecule has 2 aromatic carbocycles. The van der Waals surface area contributed by atoms with Gasteiger partial charge in [-0.15, -0.1) is 0 Å². The van der Waals surface area contributed by atoms with Crippen LogP contribution in [0.5, 0.6) is 0 Å². The minimum absolute atomic E-state index is 0.0162. The zero-order chi connectivity index (χ0) is 27.7. The third-order valence-electron chi connectivity index (χ3n) is 6.37. The molecule has 0 radical (unpaired) electrons. The van der Waals surface area contributed by atoms with Crippen LogP contribution < -0.4 is 5.32 Å². The molecule has 0 bridgehead atoms.